The molecule has 3 amide bonds. The lowest BCUT2D eigenvalue weighted by Gasteiger charge is -2.23. The Bertz CT molecular complexity index is 1630. The first-order valence-corrected chi connectivity index (χ1v) is 13.0. The number of benzene rings is 2. The summed E-state index contributed by atoms with van der Waals surface area (Å²) in [4.78, 5) is 51.5. The molecular weight excluding hydrogens is 520 g/mol. The SMILES string of the molecule is CNC(=O)c1ccc(/C=C/C(=O)NCC(=O)N(C)c2ccc(C)c(COc3cccc4ncc(C)nc34)c2C)cn1. The average Bonchev–Trinajstić information content (AvgIpc) is 2.98. The van der Waals surface area contributed by atoms with Gasteiger partial charge >= 0.3 is 0 Å². The normalized spacial score (nSPS) is 11.0. The molecule has 41 heavy (non-hydrogen) atoms. The third-order valence-corrected chi connectivity index (χ3v) is 6.65. The summed E-state index contributed by atoms with van der Waals surface area (Å²) in [5, 5.41) is 5.12. The van der Waals surface area contributed by atoms with Crippen LogP contribution in [0.25, 0.3) is 17.1 Å². The minimum Gasteiger partial charge on any atom is -0.487 e. The average molecular weight is 553 g/mol. The van der Waals surface area contributed by atoms with Crippen LogP contribution < -0.4 is 20.3 Å². The zero-order valence-corrected chi connectivity index (χ0v) is 23.7. The molecule has 0 saturated carbocycles. The highest BCUT2D eigenvalue weighted by Gasteiger charge is 2.17. The summed E-state index contributed by atoms with van der Waals surface area (Å²) in [5.74, 6) is -0.354. The molecule has 2 aromatic heterocycles. The highest BCUT2D eigenvalue weighted by molar-refractivity contribution is 5.99. The van der Waals surface area contributed by atoms with Crippen molar-refractivity contribution in [3.05, 3.63) is 94.6 Å². The fraction of sp³-hybridized carbons (Fsp3) is 0.226. The molecule has 2 N–H and O–H groups in total. The van der Waals surface area contributed by atoms with Crippen LogP contribution in [0.2, 0.25) is 0 Å². The second-order valence-corrected chi connectivity index (χ2v) is 9.49. The Morgan fingerprint density at radius 3 is 2.54 bits per heavy atom. The van der Waals surface area contributed by atoms with E-state index in [-0.39, 0.29) is 24.1 Å². The van der Waals surface area contributed by atoms with E-state index in [2.05, 4.69) is 25.6 Å². The number of carbonyl (C=O) groups is 3. The van der Waals surface area contributed by atoms with Crippen LogP contribution in [0.3, 0.4) is 0 Å². The lowest BCUT2D eigenvalue weighted by atomic mass is 10.0. The van der Waals surface area contributed by atoms with Gasteiger partial charge in [-0.3, -0.25) is 24.4 Å². The van der Waals surface area contributed by atoms with Gasteiger partial charge in [0.05, 0.1) is 17.8 Å². The number of likely N-dealkylation sites (N-methyl/N-ethyl adjacent to an activating group) is 1. The summed E-state index contributed by atoms with van der Waals surface area (Å²) in [5.41, 5.74) is 6.81. The first-order chi connectivity index (χ1) is 19.7. The molecule has 210 valence electrons. The van der Waals surface area contributed by atoms with Gasteiger partial charge in [-0.05, 0) is 73.4 Å². The van der Waals surface area contributed by atoms with Gasteiger partial charge in [0, 0.05) is 38.3 Å². The van der Waals surface area contributed by atoms with Crippen LogP contribution in [-0.4, -0.2) is 53.3 Å². The maximum atomic E-state index is 13.0. The number of ether oxygens (including phenoxy) is 1. The van der Waals surface area contributed by atoms with Crippen molar-refractivity contribution in [1.29, 1.82) is 0 Å². The zero-order chi connectivity index (χ0) is 29.5. The van der Waals surface area contributed by atoms with Crippen molar-refractivity contribution in [2.75, 3.05) is 25.5 Å². The van der Waals surface area contributed by atoms with Gasteiger partial charge in [0.25, 0.3) is 5.91 Å². The van der Waals surface area contributed by atoms with Crippen LogP contribution in [0.1, 0.15) is 38.4 Å². The summed E-state index contributed by atoms with van der Waals surface area (Å²) < 4.78 is 6.19. The standard InChI is InChI=1S/C31H32N6O4/c1-19-9-13-26(21(3)23(19)18-41-27-8-6-7-24-30(27)36-20(2)15-33-24)37(5)29(39)17-35-28(38)14-11-22-10-12-25(34-16-22)31(40)32-4/h6-16H,17-18H2,1-5H3,(H,32,40)(H,35,38)/b14-11+. The second kappa shape index (κ2) is 12.8. The lowest BCUT2D eigenvalue weighted by molar-refractivity contribution is -0.122. The largest absolute Gasteiger partial charge is 0.487 e. The van der Waals surface area contributed by atoms with E-state index in [9.17, 15) is 14.4 Å². The van der Waals surface area contributed by atoms with E-state index in [0.29, 0.717) is 23.4 Å². The van der Waals surface area contributed by atoms with Gasteiger partial charge in [-0.15, -0.1) is 0 Å². The number of para-hydroxylation sites is 1. The van der Waals surface area contributed by atoms with Gasteiger partial charge in [-0.25, -0.2) is 4.98 Å². The fourth-order valence-corrected chi connectivity index (χ4v) is 4.24. The first kappa shape index (κ1) is 28.9. The zero-order valence-electron chi connectivity index (χ0n) is 23.7. The molecule has 4 rings (SSSR count). The predicted molar refractivity (Wildman–Crippen MR) is 158 cm³/mol. The Balaban J connectivity index is 1.39. The third kappa shape index (κ3) is 6.91. The summed E-state index contributed by atoms with van der Waals surface area (Å²) >= 11 is 0. The smallest absolute Gasteiger partial charge is 0.269 e. The maximum Gasteiger partial charge on any atom is 0.269 e. The molecular formula is C31H32N6O4. The molecule has 0 radical (unpaired) electrons. The quantitative estimate of drug-likeness (QED) is 0.303. The maximum absolute atomic E-state index is 13.0. The molecule has 0 bridgehead atoms. The van der Waals surface area contributed by atoms with Crippen molar-refractivity contribution in [3.63, 3.8) is 0 Å². The van der Waals surface area contributed by atoms with Crippen molar-refractivity contribution >= 4 is 40.5 Å². The van der Waals surface area contributed by atoms with Crippen LogP contribution in [-0.2, 0) is 16.2 Å². The molecule has 2 aromatic carbocycles. The van der Waals surface area contributed by atoms with Crippen LogP contribution in [0, 0.1) is 20.8 Å². The van der Waals surface area contributed by atoms with E-state index in [1.807, 2.05) is 51.1 Å². The Labute approximate surface area is 238 Å². The molecule has 2 heterocycles. The number of amides is 3. The number of hydrogen-bond donors (Lipinski definition) is 2. The van der Waals surface area contributed by atoms with Crippen molar-refractivity contribution in [1.82, 2.24) is 25.6 Å². The van der Waals surface area contributed by atoms with Crippen molar-refractivity contribution in [2.24, 2.45) is 0 Å². The van der Waals surface area contributed by atoms with E-state index in [1.54, 1.807) is 31.5 Å². The molecule has 0 atom stereocenters. The molecule has 0 saturated heterocycles. The summed E-state index contributed by atoms with van der Waals surface area (Å²) in [6.45, 7) is 5.95. The highest BCUT2D eigenvalue weighted by atomic mass is 16.5. The first-order valence-electron chi connectivity index (χ1n) is 13.0. The topological polar surface area (TPSA) is 126 Å². The van der Waals surface area contributed by atoms with Crippen molar-refractivity contribution < 1.29 is 19.1 Å². The molecule has 4 aromatic rings. The number of aryl methyl sites for hydroxylation is 2. The number of hydrogen-bond acceptors (Lipinski definition) is 7. The molecule has 0 unspecified atom stereocenters. The van der Waals surface area contributed by atoms with Gasteiger partial charge in [0.15, 0.2) is 0 Å². The predicted octanol–water partition coefficient (Wildman–Crippen LogP) is 3.68. The molecule has 0 aliphatic rings. The molecule has 0 spiro atoms. The summed E-state index contributed by atoms with van der Waals surface area (Å²) in [6, 6.07) is 12.7. The number of nitrogens with one attached hydrogen (secondary N) is 2. The molecule has 10 nitrogen and oxygen atoms in total. The minimum atomic E-state index is -0.426. The van der Waals surface area contributed by atoms with E-state index in [4.69, 9.17) is 4.74 Å². The molecule has 0 aliphatic carbocycles. The monoisotopic (exact) mass is 552 g/mol. The van der Waals surface area contributed by atoms with Gasteiger partial charge in [0.2, 0.25) is 11.8 Å². The van der Waals surface area contributed by atoms with E-state index < -0.39 is 5.91 Å². The lowest BCUT2D eigenvalue weighted by Crippen LogP contribution is -2.38. The van der Waals surface area contributed by atoms with Gasteiger partial charge in [-0.1, -0.05) is 18.2 Å². The Hall–Kier alpha value is -5.12. The van der Waals surface area contributed by atoms with Crippen molar-refractivity contribution in [3.8, 4) is 5.75 Å². The number of pyridine rings is 1. The van der Waals surface area contributed by atoms with Gasteiger partial charge in [0.1, 0.15) is 23.6 Å². The van der Waals surface area contributed by atoms with E-state index in [0.717, 1.165) is 33.6 Å². The van der Waals surface area contributed by atoms with Crippen LogP contribution in [0.5, 0.6) is 5.75 Å². The highest BCUT2D eigenvalue weighted by Crippen LogP contribution is 2.28. The Kier molecular flexibility index (Phi) is 9.03. The number of anilines is 1. The molecule has 0 aliphatic heterocycles. The van der Waals surface area contributed by atoms with E-state index >= 15 is 0 Å². The second-order valence-electron chi connectivity index (χ2n) is 9.49. The van der Waals surface area contributed by atoms with Crippen LogP contribution >= 0.6 is 0 Å². The summed E-state index contributed by atoms with van der Waals surface area (Å²) in [7, 11) is 3.20. The van der Waals surface area contributed by atoms with Gasteiger partial charge in [-0.2, -0.15) is 0 Å². The number of aromatic nitrogens is 3. The minimum absolute atomic E-state index is 0.180. The Morgan fingerprint density at radius 2 is 1.80 bits per heavy atom. The van der Waals surface area contributed by atoms with Crippen LogP contribution in [0.4, 0.5) is 5.69 Å². The Morgan fingerprint density at radius 1 is 1.00 bits per heavy atom. The van der Waals surface area contributed by atoms with Crippen LogP contribution in [0.15, 0.2) is 60.9 Å². The number of carbonyl (C=O) groups excluding carboxylic acids is 3. The molecule has 0 fully saturated rings. The number of rotatable bonds is 9. The van der Waals surface area contributed by atoms with E-state index in [1.165, 1.54) is 24.2 Å². The number of nitrogens with zero attached hydrogens (tertiary/aromatic N) is 4. The third-order valence-electron chi connectivity index (χ3n) is 6.65. The van der Waals surface area contributed by atoms with Crippen molar-refractivity contribution in [2.45, 2.75) is 27.4 Å². The van der Waals surface area contributed by atoms with Gasteiger partial charge < -0.3 is 20.3 Å². The fourth-order valence-electron chi connectivity index (χ4n) is 4.24. The number of fused-ring (bicyclic) bond motifs is 1. The molecule has 10 heteroatoms. The summed E-state index contributed by atoms with van der Waals surface area (Å²) in [6.07, 6.45) is 6.09.